The van der Waals surface area contributed by atoms with Crippen LogP contribution >= 0.6 is 0 Å². The fourth-order valence-corrected chi connectivity index (χ4v) is 3.16. The molecule has 152 valence electrons. The lowest BCUT2D eigenvalue weighted by atomic mass is 10.1. The summed E-state index contributed by atoms with van der Waals surface area (Å²) in [4.78, 5) is 25.1. The van der Waals surface area contributed by atoms with Crippen LogP contribution in [-0.2, 0) is 17.2 Å². The number of benzene rings is 1. The molecular weight excluding hydrogens is 378 g/mol. The van der Waals surface area contributed by atoms with Crippen LogP contribution in [0, 0.1) is 6.92 Å². The molecule has 0 amide bonds. The summed E-state index contributed by atoms with van der Waals surface area (Å²) in [5, 5.41) is 29.2. The number of rotatable bonds is 5. The van der Waals surface area contributed by atoms with Crippen LogP contribution < -0.4 is 11.2 Å². The standard InChI is InChI=1S/C18H20F2N2O6/c1-10-7-21(16-14(25)13(24)12(8-23)28-16)17(27)22(15(10)26)9-18(19,20)11-5-3-2-4-6-11/h2-7,12-14,16,23-25H,8-9H2,1H3. The van der Waals surface area contributed by atoms with Crippen molar-refractivity contribution in [2.45, 2.75) is 43.9 Å². The lowest BCUT2D eigenvalue weighted by Gasteiger charge is -2.22. The Kier molecular flexibility index (Phi) is 5.48. The highest BCUT2D eigenvalue weighted by Gasteiger charge is 2.44. The van der Waals surface area contributed by atoms with Crippen molar-refractivity contribution in [2.75, 3.05) is 6.61 Å². The molecule has 8 nitrogen and oxygen atoms in total. The Balaban J connectivity index is 2.04. The van der Waals surface area contributed by atoms with Crippen molar-refractivity contribution in [3.63, 3.8) is 0 Å². The van der Waals surface area contributed by atoms with Gasteiger partial charge in [0.15, 0.2) is 6.23 Å². The molecule has 0 saturated carbocycles. The Morgan fingerprint density at radius 3 is 2.36 bits per heavy atom. The Bertz CT molecular complexity index is 959. The predicted molar refractivity (Wildman–Crippen MR) is 93.0 cm³/mol. The zero-order valence-electron chi connectivity index (χ0n) is 14.9. The van der Waals surface area contributed by atoms with Crippen LogP contribution in [0.4, 0.5) is 8.78 Å². The van der Waals surface area contributed by atoms with E-state index >= 15 is 0 Å². The van der Waals surface area contributed by atoms with Gasteiger partial charge >= 0.3 is 5.69 Å². The van der Waals surface area contributed by atoms with Crippen molar-refractivity contribution in [3.05, 3.63) is 68.5 Å². The molecule has 2 aromatic rings. The summed E-state index contributed by atoms with van der Waals surface area (Å²) >= 11 is 0. The molecule has 28 heavy (non-hydrogen) atoms. The van der Waals surface area contributed by atoms with E-state index in [0.717, 1.165) is 10.8 Å². The number of aliphatic hydroxyl groups is 3. The molecule has 4 unspecified atom stereocenters. The number of aryl methyl sites for hydroxylation is 1. The minimum atomic E-state index is -3.50. The average Bonchev–Trinajstić information content (AvgIpc) is 2.97. The number of alkyl halides is 2. The van der Waals surface area contributed by atoms with Crippen LogP contribution in [0.3, 0.4) is 0 Å². The number of nitrogens with zero attached hydrogens (tertiary/aromatic N) is 2. The molecule has 1 fully saturated rings. The van der Waals surface area contributed by atoms with Gasteiger partial charge < -0.3 is 20.1 Å². The van der Waals surface area contributed by atoms with Gasteiger partial charge in [-0.25, -0.2) is 4.79 Å². The van der Waals surface area contributed by atoms with Gasteiger partial charge in [0, 0.05) is 17.3 Å². The summed E-state index contributed by atoms with van der Waals surface area (Å²) in [5.74, 6) is -3.50. The van der Waals surface area contributed by atoms with Crippen molar-refractivity contribution in [2.24, 2.45) is 0 Å². The number of hydrogen-bond acceptors (Lipinski definition) is 6. The lowest BCUT2D eigenvalue weighted by molar-refractivity contribution is -0.0578. The molecule has 3 rings (SSSR count). The molecule has 1 aromatic heterocycles. The first-order valence-corrected chi connectivity index (χ1v) is 8.55. The molecule has 10 heteroatoms. The second-order valence-electron chi connectivity index (χ2n) is 6.69. The van der Waals surface area contributed by atoms with Crippen LogP contribution in [0.25, 0.3) is 0 Å². The first-order chi connectivity index (χ1) is 13.2. The van der Waals surface area contributed by atoms with Gasteiger partial charge in [0.2, 0.25) is 0 Å². The number of aliphatic hydroxyl groups excluding tert-OH is 3. The monoisotopic (exact) mass is 398 g/mol. The van der Waals surface area contributed by atoms with Crippen molar-refractivity contribution < 1.29 is 28.8 Å². The molecule has 0 radical (unpaired) electrons. The summed E-state index contributed by atoms with van der Waals surface area (Å²) in [6.45, 7) is -0.490. The third kappa shape index (κ3) is 3.51. The third-order valence-electron chi connectivity index (χ3n) is 4.71. The van der Waals surface area contributed by atoms with E-state index < -0.39 is 54.9 Å². The van der Waals surface area contributed by atoms with Gasteiger partial charge in [-0.2, -0.15) is 8.78 Å². The molecule has 0 aliphatic carbocycles. The van der Waals surface area contributed by atoms with E-state index in [4.69, 9.17) is 4.74 Å². The van der Waals surface area contributed by atoms with Crippen molar-refractivity contribution in [1.29, 1.82) is 0 Å². The van der Waals surface area contributed by atoms with E-state index in [1.165, 1.54) is 31.2 Å². The minimum Gasteiger partial charge on any atom is -0.394 e. The van der Waals surface area contributed by atoms with Crippen molar-refractivity contribution in [1.82, 2.24) is 9.13 Å². The second-order valence-corrected chi connectivity index (χ2v) is 6.69. The number of ether oxygens (including phenoxy) is 1. The summed E-state index contributed by atoms with van der Waals surface area (Å²) in [6, 6.07) is 6.77. The highest BCUT2D eigenvalue weighted by atomic mass is 19.3. The number of halogens is 2. The zero-order chi connectivity index (χ0) is 20.6. The van der Waals surface area contributed by atoms with Crippen LogP contribution in [0.15, 0.2) is 46.1 Å². The van der Waals surface area contributed by atoms with E-state index in [-0.39, 0.29) is 11.1 Å². The quantitative estimate of drug-likeness (QED) is 0.639. The van der Waals surface area contributed by atoms with E-state index in [1.54, 1.807) is 6.07 Å². The highest BCUT2D eigenvalue weighted by Crippen LogP contribution is 2.30. The van der Waals surface area contributed by atoms with Gasteiger partial charge in [0.05, 0.1) is 13.2 Å². The molecule has 4 atom stereocenters. The van der Waals surface area contributed by atoms with Gasteiger partial charge in [-0.05, 0) is 6.92 Å². The highest BCUT2D eigenvalue weighted by molar-refractivity contribution is 5.20. The summed E-state index contributed by atoms with van der Waals surface area (Å²) in [6.07, 6.45) is -4.58. The number of aromatic nitrogens is 2. The van der Waals surface area contributed by atoms with Crippen LogP contribution in [0.1, 0.15) is 17.4 Å². The van der Waals surface area contributed by atoms with Crippen molar-refractivity contribution >= 4 is 0 Å². The smallest absolute Gasteiger partial charge is 0.333 e. The molecule has 3 N–H and O–H groups in total. The average molecular weight is 398 g/mol. The van der Waals surface area contributed by atoms with Gasteiger partial charge in [0.1, 0.15) is 18.3 Å². The summed E-state index contributed by atoms with van der Waals surface area (Å²) in [5.41, 5.74) is -2.41. The van der Waals surface area contributed by atoms with Gasteiger partial charge in [-0.3, -0.25) is 13.9 Å². The van der Waals surface area contributed by atoms with Crippen LogP contribution in [0.2, 0.25) is 0 Å². The Labute approximate surface area is 157 Å². The Morgan fingerprint density at radius 2 is 1.79 bits per heavy atom. The van der Waals surface area contributed by atoms with Crippen LogP contribution in [-0.4, -0.2) is 49.4 Å². The third-order valence-corrected chi connectivity index (χ3v) is 4.71. The molecule has 0 bridgehead atoms. The maximum absolute atomic E-state index is 14.6. The summed E-state index contributed by atoms with van der Waals surface area (Å²) in [7, 11) is 0. The fourth-order valence-electron chi connectivity index (χ4n) is 3.16. The van der Waals surface area contributed by atoms with Crippen LogP contribution in [0.5, 0.6) is 0 Å². The maximum Gasteiger partial charge on any atom is 0.333 e. The largest absolute Gasteiger partial charge is 0.394 e. The Hall–Kier alpha value is -2.40. The number of hydrogen-bond donors (Lipinski definition) is 3. The topological polar surface area (TPSA) is 114 Å². The second kappa shape index (κ2) is 7.55. The maximum atomic E-state index is 14.6. The first kappa shape index (κ1) is 20.3. The Morgan fingerprint density at radius 1 is 1.14 bits per heavy atom. The van der Waals surface area contributed by atoms with Gasteiger partial charge in [0.25, 0.3) is 11.5 Å². The molecule has 1 aliphatic heterocycles. The van der Waals surface area contributed by atoms with E-state index in [2.05, 4.69) is 0 Å². The molecular formula is C18H20F2N2O6. The van der Waals surface area contributed by atoms with E-state index in [9.17, 15) is 33.7 Å². The predicted octanol–water partition coefficient (Wildman–Crippen LogP) is -0.278. The molecule has 1 aliphatic rings. The first-order valence-electron chi connectivity index (χ1n) is 8.55. The lowest BCUT2D eigenvalue weighted by Crippen LogP contribution is -2.46. The zero-order valence-corrected chi connectivity index (χ0v) is 14.9. The molecule has 2 heterocycles. The molecule has 0 spiro atoms. The van der Waals surface area contributed by atoms with Gasteiger partial charge in [-0.1, -0.05) is 30.3 Å². The van der Waals surface area contributed by atoms with Crippen molar-refractivity contribution in [3.8, 4) is 0 Å². The van der Waals surface area contributed by atoms with E-state index in [0.29, 0.717) is 4.57 Å². The minimum absolute atomic E-state index is 0.0267. The SMILES string of the molecule is Cc1cn(C2OC(CO)C(O)C2O)c(=O)n(CC(F)(F)c2ccccc2)c1=O. The fraction of sp³-hybridized carbons (Fsp3) is 0.444. The molecule has 1 aromatic carbocycles. The van der Waals surface area contributed by atoms with E-state index in [1.807, 2.05) is 0 Å². The normalized spacial score (nSPS) is 25.2. The molecule has 1 saturated heterocycles. The summed E-state index contributed by atoms with van der Waals surface area (Å²) < 4.78 is 35.7. The van der Waals surface area contributed by atoms with Gasteiger partial charge in [-0.15, -0.1) is 0 Å².